The molecular weight excluding hydrogens is 326 g/mol. The van der Waals surface area contributed by atoms with Gasteiger partial charge in [-0.3, -0.25) is 19.7 Å². The lowest BCUT2D eigenvalue weighted by Gasteiger charge is -2.24. The van der Waals surface area contributed by atoms with E-state index in [2.05, 4.69) is 25.4 Å². The fourth-order valence-corrected chi connectivity index (χ4v) is 3.32. The molecule has 0 bridgehead atoms. The molecular formula is C22H33NO3. The second-order valence-electron chi connectivity index (χ2n) is 7.46. The van der Waals surface area contributed by atoms with Gasteiger partial charge in [-0.1, -0.05) is 52.0 Å². The topological polar surface area (TPSA) is 63.2 Å². The molecule has 1 saturated carbocycles. The Morgan fingerprint density at radius 2 is 1.92 bits per heavy atom. The summed E-state index contributed by atoms with van der Waals surface area (Å²) >= 11 is 0. The third kappa shape index (κ3) is 5.52. The predicted molar refractivity (Wildman–Crippen MR) is 105 cm³/mol. The number of rotatable bonds is 7. The molecule has 4 heteroatoms. The van der Waals surface area contributed by atoms with E-state index in [1.807, 2.05) is 20.8 Å². The van der Waals surface area contributed by atoms with Gasteiger partial charge in [0.05, 0.1) is 5.41 Å². The number of unbranched alkanes of at least 4 members (excludes halogenated alkanes) is 1. The summed E-state index contributed by atoms with van der Waals surface area (Å²) in [5, 5.41) is 2.40. The summed E-state index contributed by atoms with van der Waals surface area (Å²) < 4.78 is 0. The van der Waals surface area contributed by atoms with Crippen molar-refractivity contribution in [1.82, 2.24) is 5.32 Å². The number of hydrogen-bond acceptors (Lipinski definition) is 3. The molecule has 2 fully saturated rings. The Morgan fingerprint density at radius 3 is 2.35 bits per heavy atom. The highest BCUT2D eigenvalue weighted by Crippen LogP contribution is 2.52. The molecule has 1 aliphatic carbocycles. The number of imide groups is 1. The molecule has 1 saturated heterocycles. The van der Waals surface area contributed by atoms with Gasteiger partial charge in [0.2, 0.25) is 11.8 Å². The average Bonchev–Trinajstić information content (AvgIpc) is 3.36. The van der Waals surface area contributed by atoms with Gasteiger partial charge in [0.15, 0.2) is 5.78 Å². The van der Waals surface area contributed by atoms with E-state index in [9.17, 15) is 14.4 Å². The van der Waals surface area contributed by atoms with Crippen molar-refractivity contribution < 1.29 is 14.4 Å². The molecule has 1 unspecified atom stereocenters. The van der Waals surface area contributed by atoms with Gasteiger partial charge in [0, 0.05) is 17.9 Å². The van der Waals surface area contributed by atoms with E-state index >= 15 is 0 Å². The van der Waals surface area contributed by atoms with Crippen LogP contribution in [0.5, 0.6) is 0 Å². The molecule has 1 aliphatic heterocycles. The highest BCUT2D eigenvalue weighted by atomic mass is 16.2. The lowest BCUT2D eigenvalue weighted by molar-refractivity contribution is -0.140. The van der Waals surface area contributed by atoms with Crippen LogP contribution in [0.15, 0.2) is 36.0 Å². The maximum atomic E-state index is 11.9. The molecule has 26 heavy (non-hydrogen) atoms. The number of allylic oxidation sites excluding steroid dienone is 4. The Balaban J connectivity index is 0.000000269. The number of hydrogen-bond donors (Lipinski definition) is 1. The van der Waals surface area contributed by atoms with Gasteiger partial charge in [0.1, 0.15) is 0 Å². The van der Waals surface area contributed by atoms with E-state index in [1.54, 1.807) is 6.08 Å². The Bertz CT molecular complexity index is 623. The number of ketones is 1. The highest BCUT2D eigenvalue weighted by molar-refractivity contribution is 6.02. The molecule has 1 N–H and O–H groups in total. The van der Waals surface area contributed by atoms with Crippen LogP contribution in [-0.4, -0.2) is 17.6 Å². The standard InChI is InChI=1S/C14H22O.C8H11NO2/c1-6-9-10-14(15)13(8-3)12(7-2)11(4)5;1-5-4-8(2-3-8)7(11)9-6(5)10/h8H,3-4,6-7,9-10H2,1-2,5H3;5H,2-4H2,1H3,(H,9,10,11)/b13-12+;. The first kappa shape index (κ1) is 22.1. The number of amides is 2. The molecule has 2 aliphatic rings. The van der Waals surface area contributed by atoms with Crippen LogP contribution in [0.3, 0.4) is 0 Å². The monoisotopic (exact) mass is 359 g/mol. The van der Waals surface area contributed by atoms with Gasteiger partial charge in [-0.25, -0.2) is 0 Å². The summed E-state index contributed by atoms with van der Waals surface area (Å²) in [6, 6.07) is 0. The number of nitrogens with one attached hydrogen (secondary N) is 1. The van der Waals surface area contributed by atoms with Crippen LogP contribution in [-0.2, 0) is 14.4 Å². The molecule has 0 aromatic carbocycles. The van der Waals surface area contributed by atoms with Crippen molar-refractivity contribution in [3.8, 4) is 0 Å². The summed E-state index contributed by atoms with van der Waals surface area (Å²) in [4.78, 5) is 34.1. The van der Waals surface area contributed by atoms with Crippen molar-refractivity contribution in [3.63, 3.8) is 0 Å². The molecule has 0 aromatic rings. The van der Waals surface area contributed by atoms with Gasteiger partial charge in [-0.15, -0.1) is 0 Å². The molecule has 2 amide bonds. The van der Waals surface area contributed by atoms with Crippen LogP contribution < -0.4 is 5.32 Å². The SMILES string of the molecule is C=C/C(C(=O)CCCC)=C(/CC)C(=C)C.CC1CC2(CC2)C(=O)NC1=O. The van der Waals surface area contributed by atoms with E-state index < -0.39 is 0 Å². The molecule has 144 valence electrons. The Morgan fingerprint density at radius 1 is 1.31 bits per heavy atom. The van der Waals surface area contributed by atoms with Gasteiger partial charge in [-0.05, 0) is 44.6 Å². The predicted octanol–water partition coefficient (Wildman–Crippen LogP) is 4.66. The van der Waals surface area contributed by atoms with Crippen molar-refractivity contribution >= 4 is 17.6 Å². The highest BCUT2D eigenvalue weighted by Gasteiger charge is 2.54. The van der Waals surface area contributed by atoms with Crippen LogP contribution in [0, 0.1) is 11.3 Å². The second kappa shape index (κ2) is 9.65. The van der Waals surface area contributed by atoms with Gasteiger partial charge < -0.3 is 0 Å². The maximum Gasteiger partial charge on any atom is 0.232 e. The molecule has 2 rings (SSSR count). The zero-order valence-electron chi connectivity index (χ0n) is 16.7. The minimum Gasteiger partial charge on any atom is -0.296 e. The van der Waals surface area contributed by atoms with E-state index in [-0.39, 0.29) is 28.9 Å². The quantitative estimate of drug-likeness (QED) is 0.408. The Labute approximate surface area is 157 Å². The van der Waals surface area contributed by atoms with Crippen LogP contribution >= 0.6 is 0 Å². The van der Waals surface area contributed by atoms with E-state index in [1.165, 1.54) is 0 Å². The van der Waals surface area contributed by atoms with Crippen molar-refractivity contribution in [1.29, 1.82) is 0 Å². The summed E-state index contributed by atoms with van der Waals surface area (Å²) in [5.41, 5.74) is 2.65. The molecule has 0 aromatic heterocycles. The zero-order valence-corrected chi connectivity index (χ0v) is 16.7. The van der Waals surface area contributed by atoms with E-state index in [4.69, 9.17) is 0 Å². The Hall–Kier alpha value is -1.97. The molecule has 1 atom stereocenters. The smallest absolute Gasteiger partial charge is 0.232 e. The van der Waals surface area contributed by atoms with E-state index in [0.29, 0.717) is 6.42 Å². The maximum absolute atomic E-state index is 11.9. The Kier molecular flexibility index (Phi) is 8.19. The minimum absolute atomic E-state index is 0.0233. The fourth-order valence-electron chi connectivity index (χ4n) is 3.32. The molecule has 0 radical (unpaired) electrons. The van der Waals surface area contributed by atoms with Crippen LogP contribution in [0.25, 0.3) is 0 Å². The molecule has 4 nitrogen and oxygen atoms in total. The first-order valence-corrected chi connectivity index (χ1v) is 9.62. The normalized spacial score (nSPS) is 21.2. The fraction of sp³-hybridized carbons (Fsp3) is 0.591. The van der Waals surface area contributed by atoms with Gasteiger partial charge in [-0.2, -0.15) is 0 Å². The minimum atomic E-state index is -0.132. The van der Waals surface area contributed by atoms with Crippen molar-refractivity contribution in [2.24, 2.45) is 11.3 Å². The summed E-state index contributed by atoms with van der Waals surface area (Å²) in [6.45, 7) is 15.6. The van der Waals surface area contributed by atoms with Crippen LogP contribution in [0.2, 0.25) is 0 Å². The number of piperidine rings is 1. The van der Waals surface area contributed by atoms with Crippen molar-refractivity contribution in [2.75, 3.05) is 0 Å². The van der Waals surface area contributed by atoms with Gasteiger partial charge >= 0.3 is 0 Å². The zero-order chi connectivity index (χ0) is 19.9. The van der Waals surface area contributed by atoms with Crippen molar-refractivity contribution in [2.45, 2.75) is 72.6 Å². The summed E-state index contributed by atoms with van der Waals surface area (Å²) in [7, 11) is 0. The van der Waals surface area contributed by atoms with Gasteiger partial charge in [0.25, 0.3) is 0 Å². The number of carbonyl (C=O) groups is 3. The molecule has 1 heterocycles. The summed E-state index contributed by atoms with van der Waals surface area (Å²) in [6.07, 6.45) is 7.83. The lowest BCUT2D eigenvalue weighted by Crippen LogP contribution is -2.46. The largest absolute Gasteiger partial charge is 0.296 e. The third-order valence-electron chi connectivity index (χ3n) is 5.17. The van der Waals surface area contributed by atoms with E-state index in [0.717, 1.165) is 55.2 Å². The second-order valence-corrected chi connectivity index (χ2v) is 7.46. The first-order valence-electron chi connectivity index (χ1n) is 9.62. The van der Waals surface area contributed by atoms with Crippen LogP contribution in [0.4, 0.5) is 0 Å². The lowest BCUT2D eigenvalue weighted by atomic mass is 9.88. The summed E-state index contributed by atoms with van der Waals surface area (Å²) in [5.74, 6) is 0.0787. The van der Waals surface area contributed by atoms with Crippen LogP contribution in [0.1, 0.15) is 72.6 Å². The third-order valence-corrected chi connectivity index (χ3v) is 5.17. The average molecular weight is 360 g/mol. The molecule has 1 spiro atoms. The van der Waals surface area contributed by atoms with Crippen molar-refractivity contribution in [3.05, 3.63) is 36.0 Å². The first-order chi connectivity index (χ1) is 12.2. The number of Topliss-reactive ketones (excluding diaryl/α,β-unsaturated/α-hetero) is 1. The number of carbonyl (C=O) groups excluding carboxylic acids is 3.